The van der Waals surface area contributed by atoms with Crippen LogP contribution in [0.2, 0.25) is 0 Å². The molecule has 0 amide bonds. The lowest BCUT2D eigenvalue weighted by atomic mass is 10.2. The molecule has 0 spiro atoms. The van der Waals surface area contributed by atoms with Gasteiger partial charge in [0, 0.05) is 6.07 Å². The van der Waals surface area contributed by atoms with Gasteiger partial charge in [-0.1, -0.05) is 18.2 Å². The average Bonchev–Trinajstić information content (AvgIpc) is 2.86. The third kappa shape index (κ3) is 2.25. The first-order chi connectivity index (χ1) is 9.56. The van der Waals surface area contributed by atoms with E-state index < -0.39 is 10.0 Å². The third-order valence-corrected chi connectivity index (χ3v) is 4.51. The Balaban J connectivity index is 1.99. The Hall–Kier alpha value is -2.34. The van der Waals surface area contributed by atoms with E-state index in [-0.39, 0.29) is 4.90 Å². The SMILES string of the molecule is Cc1ccccc1S(=O)(=O)Nc1ccc2ncoc2c1. The Morgan fingerprint density at radius 1 is 1.15 bits per heavy atom. The summed E-state index contributed by atoms with van der Waals surface area (Å²) >= 11 is 0. The molecule has 3 aromatic rings. The number of hydrogen-bond acceptors (Lipinski definition) is 4. The van der Waals surface area contributed by atoms with Crippen LogP contribution in [-0.4, -0.2) is 13.4 Å². The van der Waals surface area contributed by atoms with Crippen molar-refractivity contribution in [2.75, 3.05) is 4.72 Å². The van der Waals surface area contributed by atoms with Gasteiger partial charge in [-0.2, -0.15) is 0 Å². The van der Waals surface area contributed by atoms with Crippen LogP contribution >= 0.6 is 0 Å². The van der Waals surface area contributed by atoms with Gasteiger partial charge < -0.3 is 4.42 Å². The fraction of sp³-hybridized carbons (Fsp3) is 0.0714. The summed E-state index contributed by atoms with van der Waals surface area (Å²) in [6, 6.07) is 11.8. The topological polar surface area (TPSA) is 72.2 Å². The highest BCUT2D eigenvalue weighted by Crippen LogP contribution is 2.22. The fourth-order valence-electron chi connectivity index (χ4n) is 1.99. The third-order valence-electron chi connectivity index (χ3n) is 2.97. The molecule has 1 aromatic heterocycles. The molecule has 102 valence electrons. The Morgan fingerprint density at radius 3 is 2.75 bits per heavy atom. The minimum absolute atomic E-state index is 0.262. The molecular formula is C14H12N2O3S. The first kappa shape index (κ1) is 12.7. The van der Waals surface area contributed by atoms with E-state index in [2.05, 4.69) is 9.71 Å². The molecule has 0 unspecified atom stereocenters. The van der Waals surface area contributed by atoms with E-state index >= 15 is 0 Å². The van der Waals surface area contributed by atoms with Crippen LogP contribution in [-0.2, 0) is 10.0 Å². The molecule has 2 aromatic carbocycles. The van der Waals surface area contributed by atoms with Crippen molar-refractivity contribution in [3.8, 4) is 0 Å². The predicted octanol–water partition coefficient (Wildman–Crippen LogP) is 2.94. The lowest BCUT2D eigenvalue weighted by molar-refractivity contribution is 0.600. The molecule has 1 N–H and O–H groups in total. The summed E-state index contributed by atoms with van der Waals surface area (Å²) in [5.74, 6) is 0. The summed E-state index contributed by atoms with van der Waals surface area (Å²) in [7, 11) is -3.61. The lowest BCUT2D eigenvalue weighted by Crippen LogP contribution is -2.14. The summed E-state index contributed by atoms with van der Waals surface area (Å²) < 4.78 is 32.4. The Morgan fingerprint density at radius 2 is 1.95 bits per heavy atom. The molecule has 6 heteroatoms. The van der Waals surface area contributed by atoms with Gasteiger partial charge in [0.05, 0.1) is 10.6 Å². The molecule has 1 heterocycles. The molecule has 0 aliphatic carbocycles. The Kier molecular flexibility index (Phi) is 2.94. The standard InChI is InChI=1S/C14H12N2O3S/c1-10-4-2-3-5-14(10)20(17,18)16-11-6-7-12-13(8-11)19-9-15-12/h2-9,16H,1H3. The van der Waals surface area contributed by atoms with Crippen molar-refractivity contribution in [1.29, 1.82) is 0 Å². The number of hydrogen-bond donors (Lipinski definition) is 1. The van der Waals surface area contributed by atoms with Crippen LogP contribution in [0, 0.1) is 6.92 Å². The van der Waals surface area contributed by atoms with Crippen molar-refractivity contribution < 1.29 is 12.8 Å². The van der Waals surface area contributed by atoms with Crippen molar-refractivity contribution in [2.24, 2.45) is 0 Å². The van der Waals surface area contributed by atoms with Gasteiger partial charge in [0.25, 0.3) is 10.0 Å². The second-order valence-electron chi connectivity index (χ2n) is 4.41. The van der Waals surface area contributed by atoms with Crippen molar-refractivity contribution in [1.82, 2.24) is 4.98 Å². The minimum atomic E-state index is -3.61. The molecule has 0 saturated heterocycles. The van der Waals surface area contributed by atoms with Crippen LogP contribution in [0.25, 0.3) is 11.1 Å². The quantitative estimate of drug-likeness (QED) is 0.804. The number of sulfonamides is 1. The largest absolute Gasteiger partial charge is 0.443 e. The van der Waals surface area contributed by atoms with Crippen molar-refractivity contribution >= 4 is 26.8 Å². The first-order valence-electron chi connectivity index (χ1n) is 5.98. The van der Waals surface area contributed by atoms with Crippen LogP contribution in [0.15, 0.2) is 58.2 Å². The summed E-state index contributed by atoms with van der Waals surface area (Å²) in [6.07, 6.45) is 1.32. The highest BCUT2D eigenvalue weighted by Gasteiger charge is 2.16. The second-order valence-corrected chi connectivity index (χ2v) is 6.06. The van der Waals surface area contributed by atoms with Gasteiger partial charge in [-0.25, -0.2) is 13.4 Å². The number of benzene rings is 2. The molecule has 0 aliphatic rings. The number of rotatable bonds is 3. The second kappa shape index (κ2) is 4.64. The van der Waals surface area contributed by atoms with E-state index in [4.69, 9.17) is 4.42 Å². The molecular weight excluding hydrogens is 276 g/mol. The van der Waals surface area contributed by atoms with E-state index in [1.54, 1.807) is 49.4 Å². The van der Waals surface area contributed by atoms with Crippen molar-refractivity contribution in [2.45, 2.75) is 11.8 Å². The van der Waals surface area contributed by atoms with Gasteiger partial charge in [-0.05, 0) is 30.7 Å². The number of nitrogens with one attached hydrogen (secondary N) is 1. The number of anilines is 1. The predicted molar refractivity (Wildman–Crippen MR) is 76.0 cm³/mol. The summed E-state index contributed by atoms with van der Waals surface area (Å²) in [6.45, 7) is 1.76. The van der Waals surface area contributed by atoms with Gasteiger partial charge >= 0.3 is 0 Å². The number of nitrogens with zero attached hydrogens (tertiary/aromatic N) is 1. The molecule has 0 atom stereocenters. The zero-order valence-corrected chi connectivity index (χ0v) is 11.5. The van der Waals surface area contributed by atoms with Gasteiger partial charge in [-0.15, -0.1) is 0 Å². The molecule has 20 heavy (non-hydrogen) atoms. The fourth-order valence-corrected chi connectivity index (χ4v) is 3.28. The van der Waals surface area contributed by atoms with Crippen LogP contribution in [0.3, 0.4) is 0 Å². The molecule has 5 nitrogen and oxygen atoms in total. The van der Waals surface area contributed by atoms with Crippen LogP contribution in [0.4, 0.5) is 5.69 Å². The minimum Gasteiger partial charge on any atom is -0.443 e. The highest BCUT2D eigenvalue weighted by atomic mass is 32.2. The first-order valence-corrected chi connectivity index (χ1v) is 7.46. The molecule has 0 bridgehead atoms. The summed E-state index contributed by atoms with van der Waals surface area (Å²) in [5, 5.41) is 0. The van der Waals surface area contributed by atoms with Gasteiger partial charge in [0.1, 0.15) is 5.52 Å². The summed E-state index contributed by atoms with van der Waals surface area (Å²) in [5.41, 5.74) is 2.36. The number of aryl methyl sites for hydroxylation is 1. The van der Waals surface area contributed by atoms with E-state index in [1.807, 2.05) is 0 Å². The molecule has 0 fully saturated rings. The number of oxazole rings is 1. The summed E-state index contributed by atoms with van der Waals surface area (Å²) in [4.78, 5) is 4.25. The maximum absolute atomic E-state index is 12.3. The zero-order chi connectivity index (χ0) is 14.2. The lowest BCUT2D eigenvalue weighted by Gasteiger charge is -2.09. The maximum atomic E-state index is 12.3. The number of fused-ring (bicyclic) bond motifs is 1. The molecule has 3 rings (SSSR count). The number of aromatic nitrogens is 1. The van der Waals surface area contributed by atoms with E-state index in [1.165, 1.54) is 6.39 Å². The Bertz CT molecular complexity index is 869. The Labute approximate surface area is 116 Å². The van der Waals surface area contributed by atoms with Crippen LogP contribution < -0.4 is 4.72 Å². The molecule has 0 radical (unpaired) electrons. The monoisotopic (exact) mass is 288 g/mol. The normalized spacial score (nSPS) is 11.7. The van der Waals surface area contributed by atoms with Gasteiger partial charge in [-0.3, -0.25) is 4.72 Å². The maximum Gasteiger partial charge on any atom is 0.262 e. The van der Waals surface area contributed by atoms with Crippen molar-refractivity contribution in [3.05, 3.63) is 54.4 Å². The van der Waals surface area contributed by atoms with Crippen molar-refractivity contribution in [3.63, 3.8) is 0 Å². The average molecular weight is 288 g/mol. The zero-order valence-electron chi connectivity index (χ0n) is 10.7. The van der Waals surface area contributed by atoms with E-state index in [0.29, 0.717) is 22.4 Å². The molecule has 0 saturated carbocycles. The van der Waals surface area contributed by atoms with E-state index in [0.717, 1.165) is 0 Å². The van der Waals surface area contributed by atoms with Crippen LogP contribution in [0.1, 0.15) is 5.56 Å². The van der Waals surface area contributed by atoms with Crippen LogP contribution in [0.5, 0.6) is 0 Å². The van der Waals surface area contributed by atoms with E-state index in [9.17, 15) is 8.42 Å². The molecule has 0 aliphatic heterocycles. The van der Waals surface area contributed by atoms with Gasteiger partial charge in [0.15, 0.2) is 12.0 Å². The highest BCUT2D eigenvalue weighted by molar-refractivity contribution is 7.92. The smallest absolute Gasteiger partial charge is 0.262 e. The van der Waals surface area contributed by atoms with Gasteiger partial charge in [0.2, 0.25) is 0 Å².